The second-order valence-corrected chi connectivity index (χ2v) is 4.63. The van der Waals surface area contributed by atoms with Crippen LogP contribution in [0.2, 0.25) is 0 Å². The number of hydrogen-bond acceptors (Lipinski definition) is 2. The Balaban J connectivity index is 2.27. The summed E-state index contributed by atoms with van der Waals surface area (Å²) < 4.78 is 0. The molecule has 1 saturated carbocycles. The van der Waals surface area contributed by atoms with Crippen molar-refractivity contribution in [2.24, 2.45) is 5.92 Å². The highest BCUT2D eigenvalue weighted by Crippen LogP contribution is 2.27. The molecule has 0 heterocycles. The van der Waals surface area contributed by atoms with E-state index in [9.17, 15) is 4.79 Å². The van der Waals surface area contributed by atoms with Crippen LogP contribution in [0.4, 0.5) is 0 Å². The molecule has 82 valence electrons. The molecular weight excluding hydrogens is 174 g/mol. The summed E-state index contributed by atoms with van der Waals surface area (Å²) in [4.78, 5) is 11.0. The van der Waals surface area contributed by atoms with Crippen LogP contribution in [-0.4, -0.2) is 18.9 Å². The molecule has 1 aliphatic carbocycles. The normalized spacial score (nSPS) is 20.7. The fourth-order valence-corrected chi connectivity index (χ4v) is 2.48. The third-order valence-electron chi connectivity index (χ3n) is 3.28. The fraction of sp³-hybridized carbons (Fsp3) is 0.917. The molecule has 0 spiro atoms. The summed E-state index contributed by atoms with van der Waals surface area (Å²) in [5, 5.41) is 3.26. The van der Waals surface area contributed by atoms with E-state index in [1.165, 1.54) is 38.5 Å². The van der Waals surface area contributed by atoms with Gasteiger partial charge in [0.05, 0.1) is 0 Å². The molecule has 0 amide bonds. The topological polar surface area (TPSA) is 29.1 Å². The van der Waals surface area contributed by atoms with Crippen LogP contribution < -0.4 is 5.32 Å². The Kier molecular flexibility index (Phi) is 5.16. The third-order valence-corrected chi connectivity index (χ3v) is 3.28. The predicted octanol–water partition coefficient (Wildman–Crippen LogP) is 2.52. The van der Waals surface area contributed by atoms with Crippen molar-refractivity contribution in [1.82, 2.24) is 5.32 Å². The first-order valence-electron chi connectivity index (χ1n) is 5.89. The first kappa shape index (κ1) is 11.7. The molecule has 1 aliphatic rings. The summed E-state index contributed by atoms with van der Waals surface area (Å²) in [5.74, 6) is 1.17. The molecule has 1 unspecified atom stereocenters. The largest absolute Gasteiger partial charge is 0.317 e. The summed E-state index contributed by atoms with van der Waals surface area (Å²) in [6.45, 7) is 1.69. The maximum atomic E-state index is 11.0. The minimum atomic E-state index is 0.306. The monoisotopic (exact) mass is 197 g/mol. The first-order valence-corrected chi connectivity index (χ1v) is 5.89. The van der Waals surface area contributed by atoms with E-state index in [0.29, 0.717) is 18.2 Å². The zero-order chi connectivity index (χ0) is 10.4. The zero-order valence-corrected chi connectivity index (χ0v) is 9.51. The number of carbonyl (C=O) groups is 1. The minimum Gasteiger partial charge on any atom is -0.317 e. The molecular formula is C12H23NO. The smallest absolute Gasteiger partial charge is 0.131 e. The van der Waals surface area contributed by atoms with Gasteiger partial charge in [-0.25, -0.2) is 0 Å². The van der Waals surface area contributed by atoms with Crippen LogP contribution in [0.1, 0.15) is 51.9 Å². The number of Topliss-reactive ketones (excluding diaryl/α,β-unsaturated/α-hetero) is 1. The van der Waals surface area contributed by atoms with Crippen molar-refractivity contribution in [2.45, 2.75) is 57.9 Å². The average molecular weight is 197 g/mol. The number of ketones is 1. The summed E-state index contributed by atoms with van der Waals surface area (Å²) in [5.41, 5.74) is 0. The summed E-state index contributed by atoms with van der Waals surface area (Å²) in [7, 11) is 1.97. The van der Waals surface area contributed by atoms with Crippen molar-refractivity contribution >= 4 is 5.78 Å². The number of rotatable bonds is 5. The Labute approximate surface area is 87.5 Å². The molecule has 2 nitrogen and oxygen atoms in total. The molecule has 0 bridgehead atoms. The van der Waals surface area contributed by atoms with E-state index in [1.54, 1.807) is 6.92 Å². The first-order chi connectivity index (χ1) is 6.72. The Morgan fingerprint density at radius 3 is 2.50 bits per heavy atom. The second kappa shape index (κ2) is 6.18. The Hall–Kier alpha value is -0.370. The summed E-state index contributed by atoms with van der Waals surface area (Å²) >= 11 is 0. The molecule has 0 saturated heterocycles. The van der Waals surface area contributed by atoms with Crippen molar-refractivity contribution in [1.29, 1.82) is 0 Å². The Morgan fingerprint density at radius 1 is 1.36 bits per heavy atom. The van der Waals surface area contributed by atoms with Gasteiger partial charge in [0, 0.05) is 12.5 Å². The van der Waals surface area contributed by atoms with E-state index in [-0.39, 0.29) is 0 Å². The molecule has 0 aromatic heterocycles. The lowest BCUT2D eigenvalue weighted by atomic mass is 9.84. The van der Waals surface area contributed by atoms with E-state index < -0.39 is 0 Å². The van der Waals surface area contributed by atoms with Gasteiger partial charge in [-0.15, -0.1) is 0 Å². The van der Waals surface area contributed by atoms with Crippen molar-refractivity contribution in [3.05, 3.63) is 0 Å². The highest BCUT2D eigenvalue weighted by atomic mass is 16.1. The predicted molar refractivity (Wildman–Crippen MR) is 59.3 cm³/mol. The summed E-state index contributed by atoms with van der Waals surface area (Å²) in [6, 6.07) is 0.413. The van der Waals surface area contributed by atoms with E-state index in [2.05, 4.69) is 5.32 Å². The molecule has 1 fully saturated rings. The Bertz CT molecular complexity index is 173. The molecule has 1 atom stereocenters. The lowest BCUT2D eigenvalue weighted by Crippen LogP contribution is -2.30. The standard InChI is InChI=1S/C12H23NO/c1-10(14)8-12(13-2)9-11-6-4-3-5-7-11/h11-13H,3-9H2,1-2H3. The van der Waals surface area contributed by atoms with Gasteiger partial charge in [0.2, 0.25) is 0 Å². The van der Waals surface area contributed by atoms with Crippen LogP contribution in [0, 0.1) is 5.92 Å². The highest BCUT2D eigenvalue weighted by molar-refractivity contribution is 5.76. The maximum Gasteiger partial charge on any atom is 0.131 e. The van der Waals surface area contributed by atoms with Gasteiger partial charge in [0.1, 0.15) is 5.78 Å². The molecule has 14 heavy (non-hydrogen) atoms. The minimum absolute atomic E-state index is 0.306. The van der Waals surface area contributed by atoms with Crippen LogP contribution in [0.15, 0.2) is 0 Å². The lowest BCUT2D eigenvalue weighted by Gasteiger charge is -2.25. The van der Waals surface area contributed by atoms with Gasteiger partial charge in [-0.1, -0.05) is 32.1 Å². The van der Waals surface area contributed by atoms with E-state index in [0.717, 1.165) is 5.92 Å². The van der Waals surface area contributed by atoms with E-state index >= 15 is 0 Å². The van der Waals surface area contributed by atoms with Gasteiger partial charge >= 0.3 is 0 Å². The van der Waals surface area contributed by atoms with Crippen LogP contribution >= 0.6 is 0 Å². The van der Waals surface area contributed by atoms with Gasteiger partial charge in [-0.05, 0) is 26.3 Å². The van der Waals surface area contributed by atoms with Crippen LogP contribution in [0.25, 0.3) is 0 Å². The quantitative estimate of drug-likeness (QED) is 0.733. The zero-order valence-electron chi connectivity index (χ0n) is 9.51. The van der Waals surface area contributed by atoms with Crippen LogP contribution in [0.5, 0.6) is 0 Å². The van der Waals surface area contributed by atoms with Crippen molar-refractivity contribution < 1.29 is 4.79 Å². The van der Waals surface area contributed by atoms with Gasteiger partial charge in [-0.2, -0.15) is 0 Å². The highest BCUT2D eigenvalue weighted by Gasteiger charge is 2.18. The summed E-state index contributed by atoms with van der Waals surface area (Å²) in [6.07, 6.45) is 8.82. The van der Waals surface area contributed by atoms with Gasteiger partial charge in [-0.3, -0.25) is 4.79 Å². The van der Waals surface area contributed by atoms with Crippen LogP contribution in [-0.2, 0) is 4.79 Å². The lowest BCUT2D eigenvalue weighted by molar-refractivity contribution is -0.117. The third kappa shape index (κ3) is 4.23. The van der Waals surface area contributed by atoms with Crippen molar-refractivity contribution in [3.8, 4) is 0 Å². The number of nitrogens with one attached hydrogen (secondary N) is 1. The molecule has 2 heteroatoms. The second-order valence-electron chi connectivity index (χ2n) is 4.63. The molecule has 0 aromatic rings. The molecule has 0 aliphatic heterocycles. The molecule has 1 rings (SSSR count). The molecule has 1 N–H and O–H groups in total. The van der Waals surface area contributed by atoms with Gasteiger partial charge < -0.3 is 5.32 Å². The van der Waals surface area contributed by atoms with E-state index in [4.69, 9.17) is 0 Å². The molecule has 0 radical (unpaired) electrons. The van der Waals surface area contributed by atoms with Gasteiger partial charge in [0.25, 0.3) is 0 Å². The van der Waals surface area contributed by atoms with Gasteiger partial charge in [0.15, 0.2) is 0 Å². The van der Waals surface area contributed by atoms with Crippen LogP contribution in [0.3, 0.4) is 0 Å². The SMILES string of the molecule is CNC(CC(C)=O)CC1CCCCC1. The van der Waals surface area contributed by atoms with Crippen molar-refractivity contribution in [2.75, 3.05) is 7.05 Å². The van der Waals surface area contributed by atoms with E-state index in [1.807, 2.05) is 7.05 Å². The Morgan fingerprint density at radius 2 is 2.00 bits per heavy atom. The number of carbonyl (C=O) groups excluding carboxylic acids is 1. The molecule has 0 aromatic carbocycles. The fourth-order valence-electron chi connectivity index (χ4n) is 2.48. The number of hydrogen-bond donors (Lipinski definition) is 1. The average Bonchev–Trinajstić information content (AvgIpc) is 2.17. The maximum absolute atomic E-state index is 11.0. The van der Waals surface area contributed by atoms with Crippen molar-refractivity contribution in [3.63, 3.8) is 0 Å².